The molecule has 0 rings (SSSR count). The molecule has 1 N–H and O–H groups in total. The van der Waals surface area contributed by atoms with Gasteiger partial charge in [-0.1, -0.05) is 13.3 Å². The SMILES string of the molecule is CCCC[N+](C)(C)CC(=O)O. The van der Waals surface area contributed by atoms with Gasteiger partial charge in [-0.25, -0.2) is 4.79 Å². The zero-order chi connectivity index (χ0) is 8.91. The summed E-state index contributed by atoms with van der Waals surface area (Å²) in [6.45, 7) is 3.28. The molecule has 0 spiro atoms. The van der Waals surface area contributed by atoms with Gasteiger partial charge in [-0.05, 0) is 6.42 Å². The van der Waals surface area contributed by atoms with Gasteiger partial charge in [0.05, 0.1) is 20.6 Å². The first kappa shape index (κ1) is 10.4. The van der Waals surface area contributed by atoms with E-state index in [1.165, 1.54) is 0 Å². The van der Waals surface area contributed by atoms with E-state index in [4.69, 9.17) is 5.11 Å². The van der Waals surface area contributed by atoms with Crippen molar-refractivity contribution in [3.05, 3.63) is 0 Å². The van der Waals surface area contributed by atoms with E-state index in [9.17, 15) is 4.79 Å². The third-order valence-corrected chi connectivity index (χ3v) is 1.68. The molecule has 0 aromatic rings. The Morgan fingerprint density at radius 3 is 2.36 bits per heavy atom. The predicted molar refractivity (Wildman–Crippen MR) is 44.4 cm³/mol. The van der Waals surface area contributed by atoms with Crippen molar-refractivity contribution in [3.63, 3.8) is 0 Å². The normalized spacial score (nSPS) is 11.5. The lowest BCUT2D eigenvalue weighted by molar-refractivity contribution is -0.883. The van der Waals surface area contributed by atoms with Crippen LogP contribution >= 0.6 is 0 Å². The number of quaternary nitrogens is 1. The van der Waals surface area contributed by atoms with E-state index in [0.29, 0.717) is 4.48 Å². The van der Waals surface area contributed by atoms with E-state index in [1.54, 1.807) is 0 Å². The molecule has 0 aromatic carbocycles. The molecule has 0 aromatic heterocycles. The molecule has 0 fully saturated rings. The quantitative estimate of drug-likeness (QED) is 0.608. The van der Waals surface area contributed by atoms with Crippen LogP contribution in [0.15, 0.2) is 0 Å². The van der Waals surface area contributed by atoms with Crippen molar-refractivity contribution in [1.29, 1.82) is 0 Å². The lowest BCUT2D eigenvalue weighted by Gasteiger charge is -2.27. The molecule has 0 amide bonds. The highest BCUT2D eigenvalue weighted by Gasteiger charge is 2.17. The van der Waals surface area contributed by atoms with Crippen LogP contribution in [-0.2, 0) is 4.79 Å². The van der Waals surface area contributed by atoms with Gasteiger partial charge in [0.15, 0.2) is 6.54 Å². The summed E-state index contributed by atoms with van der Waals surface area (Å²) in [7, 11) is 3.90. The number of hydrogen-bond acceptors (Lipinski definition) is 1. The van der Waals surface area contributed by atoms with Crippen molar-refractivity contribution < 1.29 is 14.4 Å². The number of likely N-dealkylation sites (N-methyl/N-ethyl adjacent to an activating group) is 1. The van der Waals surface area contributed by atoms with Gasteiger partial charge < -0.3 is 9.59 Å². The van der Waals surface area contributed by atoms with Crippen LogP contribution in [-0.4, -0.2) is 42.7 Å². The highest BCUT2D eigenvalue weighted by atomic mass is 16.4. The van der Waals surface area contributed by atoms with Gasteiger partial charge in [0, 0.05) is 0 Å². The third kappa shape index (κ3) is 5.85. The van der Waals surface area contributed by atoms with Crippen molar-refractivity contribution >= 4 is 5.97 Å². The Balaban J connectivity index is 3.70. The van der Waals surface area contributed by atoms with Crippen LogP contribution in [0, 0.1) is 0 Å². The van der Waals surface area contributed by atoms with E-state index in [-0.39, 0.29) is 6.54 Å². The number of carbonyl (C=O) groups is 1. The van der Waals surface area contributed by atoms with E-state index < -0.39 is 5.97 Å². The molecule has 0 heterocycles. The molecule has 11 heavy (non-hydrogen) atoms. The van der Waals surface area contributed by atoms with Crippen LogP contribution in [0.5, 0.6) is 0 Å². The van der Waals surface area contributed by atoms with E-state index in [2.05, 4.69) is 6.92 Å². The monoisotopic (exact) mass is 160 g/mol. The molecule has 0 bridgehead atoms. The molecule has 3 heteroatoms. The summed E-state index contributed by atoms with van der Waals surface area (Å²) < 4.78 is 0.586. The van der Waals surface area contributed by atoms with Crippen LogP contribution < -0.4 is 0 Å². The van der Waals surface area contributed by atoms with Crippen molar-refractivity contribution in [1.82, 2.24) is 0 Å². The fraction of sp³-hybridized carbons (Fsp3) is 0.875. The minimum Gasteiger partial charge on any atom is -0.477 e. The minimum absolute atomic E-state index is 0.222. The molecule has 0 aliphatic heterocycles. The average Bonchev–Trinajstić information content (AvgIpc) is 1.81. The van der Waals surface area contributed by atoms with Gasteiger partial charge in [0.1, 0.15) is 0 Å². The zero-order valence-electron chi connectivity index (χ0n) is 7.63. The first-order chi connectivity index (χ1) is 4.98. The van der Waals surface area contributed by atoms with E-state index in [1.807, 2.05) is 14.1 Å². The molecular weight excluding hydrogens is 142 g/mol. The van der Waals surface area contributed by atoms with Gasteiger partial charge in [-0.2, -0.15) is 0 Å². The summed E-state index contributed by atoms with van der Waals surface area (Å²) >= 11 is 0. The Kier molecular flexibility index (Phi) is 4.11. The summed E-state index contributed by atoms with van der Waals surface area (Å²) in [5.41, 5.74) is 0. The summed E-state index contributed by atoms with van der Waals surface area (Å²) in [6.07, 6.45) is 2.22. The third-order valence-electron chi connectivity index (χ3n) is 1.68. The van der Waals surface area contributed by atoms with Crippen LogP contribution in [0.25, 0.3) is 0 Å². The highest BCUT2D eigenvalue weighted by Crippen LogP contribution is 2.00. The minimum atomic E-state index is -0.717. The second kappa shape index (κ2) is 4.34. The summed E-state index contributed by atoms with van der Waals surface area (Å²) in [5.74, 6) is -0.717. The molecule has 0 unspecified atom stereocenters. The molecule has 0 radical (unpaired) electrons. The van der Waals surface area contributed by atoms with Crippen molar-refractivity contribution in [2.75, 3.05) is 27.2 Å². The highest BCUT2D eigenvalue weighted by molar-refractivity contribution is 5.67. The van der Waals surface area contributed by atoms with Crippen LogP contribution in [0.2, 0.25) is 0 Å². The largest absolute Gasteiger partial charge is 0.477 e. The number of rotatable bonds is 5. The second-order valence-electron chi connectivity index (χ2n) is 3.56. The Morgan fingerprint density at radius 2 is 2.00 bits per heavy atom. The van der Waals surface area contributed by atoms with E-state index >= 15 is 0 Å². The van der Waals surface area contributed by atoms with Gasteiger partial charge >= 0.3 is 5.97 Å². The summed E-state index contributed by atoms with van der Waals surface area (Å²) in [6, 6.07) is 0. The maximum Gasteiger partial charge on any atom is 0.359 e. The molecule has 0 aliphatic rings. The number of carboxylic acid groups (broad SMARTS) is 1. The molecule has 3 nitrogen and oxygen atoms in total. The lowest BCUT2D eigenvalue weighted by atomic mass is 10.3. The summed E-state index contributed by atoms with van der Waals surface area (Å²) in [4.78, 5) is 10.4. The van der Waals surface area contributed by atoms with Crippen molar-refractivity contribution in [2.24, 2.45) is 0 Å². The predicted octanol–water partition coefficient (Wildman–Crippen LogP) is 0.948. The molecule has 0 saturated heterocycles. The van der Waals surface area contributed by atoms with Gasteiger partial charge in [0.2, 0.25) is 0 Å². The van der Waals surface area contributed by atoms with Crippen LogP contribution in [0.1, 0.15) is 19.8 Å². The first-order valence-electron chi connectivity index (χ1n) is 4.02. The molecular formula is C8H18NO2+. The maximum atomic E-state index is 10.4. The second-order valence-corrected chi connectivity index (χ2v) is 3.56. The van der Waals surface area contributed by atoms with Crippen molar-refractivity contribution in [2.45, 2.75) is 19.8 Å². The molecule has 0 atom stereocenters. The Bertz CT molecular complexity index is 132. The number of aliphatic carboxylic acids is 1. The number of carboxylic acids is 1. The van der Waals surface area contributed by atoms with Gasteiger partial charge in [-0.15, -0.1) is 0 Å². The van der Waals surface area contributed by atoms with E-state index in [0.717, 1.165) is 19.4 Å². The Labute approximate surface area is 68.2 Å². The van der Waals surface area contributed by atoms with Crippen molar-refractivity contribution in [3.8, 4) is 0 Å². The zero-order valence-corrected chi connectivity index (χ0v) is 7.63. The Hall–Kier alpha value is -0.570. The number of nitrogens with zero attached hydrogens (tertiary/aromatic N) is 1. The molecule has 66 valence electrons. The average molecular weight is 160 g/mol. The maximum absolute atomic E-state index is 10.4. The van der Waals surface area contributed by atoms with Gasteiger partial charge in [-0.3, -0.25) is 0 Å². The fourth-order valence-electron chi connectivity index (χ4n) is 1.03. The first-order valence-corrected chi connectivity index (χ1v) is 4.02. The molecule has 0 saturated carbocycles. The molecule has 0 aliphatic carbocycles. The number of unbranched alkanes of at least 4 members (excludes halogenated alkanes) is 1. The Morgan fingerprint density at radius 1 is 1.45 bits per heavy atom. The smallest absolute Gasteiger partial charge is 0.359 e. The fourth-order valence-corrected chi connectivity index (χ4v) is 1.03. The number of hydrogen-bond donors (Lipinski definition) is 1. The summed E-state index contributed by atoms with van der Waals surface area (Å²) in [5, 5.41) is 8.53. The van der Waals surface area contributed by atoms with Crippen LogP contribution in [0.3, 0.4) is 0 Å². The standard InChI is InChI=1S/C8H17NO2/c1-4-5-6-9(2,3)7-8(10)11/h4-7H2,1-3H3/p+1. The van der Waals surface area contributed by atoms with Gasteiger partial charge in [0.25, 0.3) is 0 Å². The lowest BCUT2D eigenvalue weighted by Crippen LogP contribution is -2.44. The van der Waals surface area contributed by atoms with Crippen LogP contribution in [0.4, 0.5) is 0 Å². The topological polar surface area (TPSA) is 37.3 Å².